The fourth-order valence-corrected chi connectivity index (χ4v) is 1.93. The highest BCUT2D eigenvalue weighted by Crippen LogP contribution is 2.26. The average molecular weight is 321 g/mol. The van der Waals surface area contributed by atoms with Gasteiger partial charge in [-0.1, -0.05) is 11.6 Å². The molecule has 0 heterocycles. The maximum atomic E-state index is 10.8. The molecule has 0 bridgehead atoms. The first kappa shape index (κ1) is 15.5. The van der Waals surface area contributed by atoms with Crippen molar-refractivity contribution >= 4 is 35.2 Å². The number of phenolic OH excluding ortho intramolecular Hbond substituents is 1. The highest BCUT2D eigenvalue weighted by atomic mass is 35.5. The predicted octanol–water partition coefficient (Wildman–Crippen LogP) is 3.40. The van der Waals surface area contributed by atoms with E-state index >= 15 is 0 Å². The van der Waals surface area contributed by atoms with Crippen LogP contribution in [0, 0.1) is 10.1 Å². The zero-order valence-corrected chi connectivity index (χ0v) is 11.7. The predicted molar refractivity (Wildman–Crippen MR) is 80.4 cm³/mol. The molecule has 7 nitrogen and oxygen atoms in total. The molecule has 0 aliphatic heterocycles. The van der Waals surface area contributed by atoms with E-state index in [2.05, 4.69) is 4.99 Å². The van der Waals surface area contributed by atoms with Gasteiger partial charge in [0.15, 0.2) is 5.75 Å². The molecule has 0 fully saturated rings. The molecule has 8 heteroatoms. The summed E-state index contributed by atoms with van der Waals surface area (Å²) in [6.07, 6.45) is 1.35. The van der Waals surface area contributed by atoms with E-state index in [1.54, 1.807) is 0 Å². The second-order valence-corrected chi connectivity index (χ2v) is 4.64. The summed E-state index contributed by atoms with van der Waals surface area (Å²) in [5.41, 5.74) is 0.331. The minimum absolute atomic E-state index is 0.0406. The Bertz CT molecular complexity index is 789. The molecule has 2 aromatic carbocycles. The molecule has 0 aromatic heterocycles. The lowest BCUT2D eigenvalue weighted by Crippen LogP contribution is -1.96. The number of rotatable bonds is 4. The minimum Gasteiger partial charge on any atom is -0.502 e. The second-order valence-electron chi connectivity index (χ2n) is 4.23. The number of aromatic hydroxyl groups is 1. The van der Waals surface area contributed by atoms with Gasteiger partial charge >= 0.3 is 11.7 Å². The Balaban J connectivity index is 2.29. The Kier molecular flexibility index (Phi) is 4.38. The largest absolute Gasteiger partial charge is 0.502 e. The number of aliphatic imine (C=N–C) groups is 1. The molecule has 0 amide bonds. The standard InChI is InChI=1S/C14H9ClN2O5/c15-11-6-9(2-3-10(11)14(19)20)16-7-8-1-4-13(18)12(5-8)17(21)22/h1-7,18H,(H,19,20). The number of phenols is 1. The lowest BCUT2D eigenvalue weighted by molar-refractivity contribution is -0.385. The summed E-state index contributed by atoms with van der Waals surface area (Å²) >= 11 is 5.82. The van der Waals surface area contributed by atoms with Crippen molar-refractivity contribution in [1.82, 2.24) is 0 Å². The third-order valence-electron chi connectivity index (χ3n) is 2.74. The van der Waals surface area contributed by atoms with E-state index < -0.39 is 22.3 Å². The molecule has 2 rings (SSSR count). The molecule has 22 heavy (non-hydrogen) atoms. The number of benzene rings is 2. The van der Waals surface area contributed by atoms with Crippen LogP contribution in [0.25, 0.3) is 0 Å². The molecule has 0 unspecified atom stereocenters. The number of carboxylic acids is 1. The molecule has 0 saturated heterocycles. The topological polar surface area (TPSA) is 113 Å². The Labute approximate surface area is 129 Å². The van der Waals surface area contributed by atoms with Gasteiger partial charge in [-0.15, -0.1) is 0 Å². The van der Waals surface area contributed by atoms with Crippen LogP contribution in [0.15, 0.2) is 41.4 Å². The number of nitro groups is 1. The van der Waals surface area contributed by atoms with Gasteiger partial charge in [-0.05, 0) is 35.9 Å². The van der Waals surface area contributed by atoms with Gasteiger partial charge in [-0.25, -0.2) is 4.79 Å². The van der Waals surface area contributed by atoms with Crippen molar-refractivity contribution in [2.24, 2.45) is 4.99 Å². The van der Waals surface area contributed by atoms with E-state index in [-0.39, 0.29) is 10.6 Å². The van der Waals surface area contributed by atoms with E-state index in [0.29, 0.717) is 11.3 Å². The van der Waals surface area contributed by atoms with Crippen LogP contribution in [0.3, 0.4) is 0 Å². The van der Waals surface area contributed by atoms with Crippen LogP contribution in [0.5, 0.6) is 5.75 Å². The molecule has 112 valence electrons. The van der Waals surface area contributed by atoms with Gasteiger partial charge in [0.25, 0.3) is 0 Å². The quantitative estimate of drug-likeness (QED) is 0.509. The Morgan fingerprint density at radius 2 is 2.00 bits per heavy atom. The van der Waals surface area contributed by atoms with Gasteiger partial charge in [-0.3, -0.25) is 15.1 Å². The Hall–Kier alpha value is -2.93. The summed E-state index contributed by atoms with van der Waals surface area (Å²) in [5.74, 6) is -1.58. The molecule has 2 N–H and O–H groups in total. The molecular formula is C14H9ClN2O5. The normalized spacial score (nSPS) is 10.8. The second kappa shape index (κ2) is 6.23. The van der Waals surface area contributed by atoms with E-state index in [9.17, 15) is 20.0 Å². The van der Waals surface area contributed by atoms with Crippen LogP contribution >= 0.6 is 11.6 Å². The first-order valence-electron chi connectivity index (χ1n) is 5.93. The van der Waals surface area contributed by atoms with Crippen LogP contribution in [-0.4, -0.2) is 27.3 Å². The smallest absolute Gasteiger partial charge is 0.337 e. The van der Waals surface area contributed by atoms with Crippen molar-refractivity contribution in [3.63, 3.8) is 0 Å². The molecule has 0 spiro atoms. The highest BCUT2D eigenvalue weighted by Gasteiger charge is 2.13. The van der Waals surface area contributed by atoms with Crippen LogP contribution in [0.4, 0.5) is 11.4 Å². The SMILES string of the molecule is O=C(O)c1ccc(N=Cc2ccc(O)c([N+](=O)[O-])c2)cc1Cl. The molecule has 0 radical (unpaired) electrons. The summed E-state index contributed by atoms with van der Waals surface area (Å²) in [4.78, 5) is 24.9. The number of hydrogen-bond acceptors (Lipinski definition) is 5. The maximum Gasteiger partial charge on any atom is 0.337 e. The molecular weight excluding hydrogens is 312 g/mol. The number of aromatic carboxylic acids is 1. The summed E-state index contributed by atoms with van der Waals surface area (Å²) < 4.78 is 0. The van der Waals surface area contributed by atoms with E-state index in [0.717, 1.165) is 0 Å². The van der Waals surface area contributed by atoms with Gasteiger partial charge in [0, 0.05) is 12.3 Å². The Morgan fingerprint density at radius 1 is 1.27 bits per heavy atom. The van der Waals surface area contributed by atoms with Crippen LogP contribution in [0.1, 0.15) is 15.9 Å². The number of halogens is 1. The number of carbonyl (C=O) groups is 1. The van der Waals surface area contributed by atoms with Gasteiger partial charge in [-0.2, -0.15) is 0 Å². The lowest BCUT2D eigenvalue weighted by atomic mass is 10.2. The van der Waals surface area contributed by atoms with Crippen LogP contribution < -0.4 is 0 Å². The third-order valence-corrected chi connectivity index (χ3v) is 3.05. The zero-order chi connectivity index (χ0) is 16.3. The van der Waals surface area contributed by atoms with Crippen LogP contribution in [-0.2, 0) is 0 Å². The van der Waals surface area contributed by atoms with Crippen LogP contribution in [0.2, 0.25) is 5.02 Å². The number of nitrogens with zero attached hydrogens (tertiary/aromatic N) is 2. The molecule has 2 aromatic rings. The van der Waals surface area contributed by atoms with Crippen molar-refractivity contribution in [2.75, 3.05) is 0 Å². The van der Waals surface area contributed by atoms with Gasteiger partial charge in [0.2, 0.25) is 0 Å². The number of carboxylic acid groups (broad SMARTS) is 1. The van der Waals surface area contributed by atoms with Gasteiger partial charge in [0.05, 0.1) is 21.2 Å². The Morgan fingerprint density at radius 3 is 2.59 bits per heavy atom. The number of nitro benzene ring substituents is 1. The zero-order valence-electron chi connectivity index (χ0n) is 10.9. The van der Waals surface area contributed by atoms with Gasteiger partial charge in [0.1, 0.15) is 0 Å². The third kappa shape index (κ3) is 3.39. The van der Waals surface area contributed by atoms with Crippen molar-refractivity contribution < 1.29 is 19.9 Å². The summed E-state index contributed by atoms with van der Waals surface area (Å²) in [6, 6.07) is 7.97. The summed E-state index contributed by atoms with van der Waals surface area (Å²) in [6.45, 7) is 0. The van der Waals surface area contributed by atoms with E-state index in [4.69, 9.17) is 16.7 Å². The summed E-state index contributed by atoms with van der Waals surface area (Å²) in [7, 11) is 0. The average Bonchev–Trinajstić information content (AvgIpc) is 2.45. The molecule has 0 atom stereocenters. The lowest BCUT2D eigenvalue weighted by Gasteiger charge is -2.00. The summed E-state index contributed by atoms with van der Waals surface area (Å²) in [5, 5.41) is 29.0. The molecule has 0 saturated carbocycles. The van der Waals surface area contributed by atoms with Gasteiger partial charge < -0.3 is 10.2 Å². The maximum absolute atomic E-state index is 10.8. The fraction of sp³-hybridized carbons (Fsp3) is 0. The number of hydrogen-bond donors (Lipinski definition) is 2. The highest BCUT2D eigenvalue weighted by molar-refractivity contribution is 6.33. The van der Waals surface area contributed by atoms with E-state index in [1.165, 1.54) is 42.6 Å². The first-order valence-corrected chi connectivity index (χ1v) is 6.30. The van der Waals surface area contributed by atoms with Crippen molar-refractivity contribution in [1.29, 1.82) is 0 Å². The van der Waals surface area contributed by atoms with Crippen molar-refractivity contribution in [2.45, 2.75) is 0 Å². The fourth-order valence-electron chi connectivity index (χ4n) is 1.67. The molecule has 0 aliphatic rings. The van der Waals surface area contributed by atoms with Crippen molar-refractivity contribution in [3.05, 3.63) is 62.7 Å². The van der Waals surface area contributed by atoms with E-state index in [1.807, 2.05) is 0 Å². The van der Waals surface area contributed by atoms with Crippen molar-refractivity contribution in [3.8, 4) is 5.75 Å². The minimum atomic E-state index is -1.14. The molecule has 0 aliphatic carbocycles. The monoisotopic (exact) mass is 320 g/mol. The first-order chi connectivity index (χ1) is 10.4.